The van der Waals surface area contributed by atoms with Gasteiger partial charge in [-0.2, -0.15) is 4.31 Å². The molecule has 1 fully saturated rings. The second kappa shape index (κ2) is 8.32. The van der Waals surface area contributed by atoms with Crippen molar-refractivity contribution in [1.29, 1.82) is 0 Å². The minimum absolute atomic E-state index is 0.0830. The largest absolute Gasteiger partial charge is 0.493 e. The molecule has 2 N–H and O–H groups in total. The summed E-state index contributed by atoms with van der Waals surface area (Å²) in [6.45, 7) is 2.72. The molecule has 6 nitrogen and oxygen atoms in total. The van der Waals surface area contributed by atoms with Gasteiger partial charge >= 0.3 is 0 Å². The Bertz CT molecular complexity index is 930. The standard InChI is InChI=1S/C21H26N2O4S/c1-17-7-5-10-19(13-17)28(25,26)23-12-6-11-21(15-23,14-20(22)24)16-27-18-8-3-2-4-9-18/h2-5,7-10,13H,6,11-12,14-16H2,1H3,(H2,22,24). The van der Waals surface area contributed by atoms with Gasteiger partial charge in [0.25, 0.3) is 0 Å². The molecule has 2 aromatic carbocycles. The highest BCUT2D eigenvalue weighted by Crippen LogP contribution is 2.36. The summed E-state index contributed by atoms with van der Waals surface area (Å²) >= 11 is 0. The molecule has 1 saturated heterocycles. The van der Waals surface area contributed by atoms with Crippen LogP contribution in [0.25, 0.3) is 0 Å². The van der Waals surface area contributed by atoms with Crippen LogP contribution in [0.5, 0.6) is 5.75 Å². The molecule has 1 amide bonds. The lowest BCUT2D eigenvalue weighted by Crippen LogP contribution is -2.50. The number of amides is 1. The smallest absolute Gasteiger partial charge is 0.243 e. The summed E-state index contributed by atoms with van der Waals surface area (Å²) in [7, 11) is -3.65. The quantitative estimate of drug-likeness (QED) is 0.771. The van der Waals surface area contributed by atoms with Gasteiger partial charge in [0.2, 0.25) is 15.9 Å². The molecule has 0 radical (unpaired) electrons. The summed E-state index contributed by atoms with van der Waals surface area (Å²) in [5.74, 6) is 0.233. The number of nitrogens with zero attached hydrogens (tertiary/aromatic N) is 1. The van der Waals surface area contributed by atoms with Crippen LogP contribution in [-0.2, 0) is 14.8 Å². The second-order valence-corrected chi connectivity index (χ2v) is 9.44. The lowest BCUT2D eigenvalue weighted by molar-refractivity contribution is -0.121. The Morgan fingerprint density at radius 1 is 1.18 bits per heavy atom. The van der Waals surface area contributed by atoms with Gasteiger partial charge in [-0.3, -0.25) is 4.79 Å². The molecule has 1 atom stereocenters. The van der Waals surface area contributed by atoms with E-state index in [1.54, 1.807) is 18.2 Å². The lowest BCUT2D eigenvalue weighted by atomic mass is 9.78. The second-order valence-electron chi connectivity index (χ2n) is 7.50. The fourth-order valence-electron chi connectivity index (χ4n) is 3.73. The number of primary amides is 1. The van der Waals surface area contributed by atoms with Crippen molar-refractivity contribution in [2.24, 2.45) is 11.1 Å². The number of hydrogen-bond acceptors (Lipinski definition) is 4. The van der Waals surface area contributed by atoms with E-state index in [0.717, 1.165) is 5.56 Å². The molecule has 7 heteroatoms. The van der Waals surface area contributed by atoms with E-state index in [1.165, 1.54) is 4.31 Å². The van der Waals surface area contributed by atoms with Gasteiger partial charge in [0.1, 0.15) is 5.75 Å². The number of nitrogens with two attached hydrogens (primary N) is 1. The number of ether oxygens (including phenoxy) is 1. The van der Waals surface area contributed by atoms with Crippen molar-refractivity contribution in [2.45, 2.75) is 31.1 Å². The van der Waals surface area contributed by atoms with E-state index in [-0.39, 0.29) is 24.5 Å². The molecule has 0 saturated carbocycles. The van der Waals surface area contributed by atoms with Crippen LogP contribution < -0.4 is 10.5 Å². The summed E-state index contributed by atoms with van der Waals surface area (Å²) in [5, 5.41) is 0. The zero-order valence-corrected chi connectivity index (χ0v) is 16.8. The number of piperidine rings is 1. The van der Waals surface area contributed by atoms with Gasteiger partial charge in [-0.05, 0) is 49.6 Å². The van der Waals surface area contributed by atoms with Crippen LogP contribution in [0.1, 0.15) is 24.8 Å². The summed E-state index contributed by atoms with van der Waals surface area (Å²) in [6, 6.07) is 16.2. The van der Waals surface area contributed by atoms with Crippen molar-refractivity contribution in [3.63, 3.8) is 0 Å². The van der Waals surface area contributed by atoms with E-state index in [9.17, 15) is 13.2 Å². The molecular formula is C21H26N2O4S. The molecule has 0 aliphatic carbocycles. The number of para-hydroxylation sites is 1. The first-order valence-electron chi connectivity index (χ1n) is 9.34. The Hall–Kier alpha value is -2.38. The third-order valence-corrected chi connectivity index (χ3v) is 6.93. The highest BCUT2D eigenvalue weighted by molar-refractivity contribution is 7.89. The van der Waals surface area contributed by atoms with Crippen molar-refractivity contribution in [1.82, 2.24) is 4.31 Å². The normalized spacial score (nSPS) is 20.6. The monoisotopic (exact) mass is 402 g/mol. The number of rotatable bonds is 7. The highest BCUT2D eigenvalue weighted by Gasteiger charge is 2.42. The van der Waals surface area contributed by atoms with Crippen molar-refractivity contribution >= 4 is 15.9 Å². The van der Waals surface area contributed by atoms with Gasteiger partial charge < -0.3 is 10.5 Å². The third kappa shape index (κ3) is 4.72. The van der Waals surface area contributed by atoms with E-state index in [4.69, 9.17) is 10.5 Å². The molecular weight excluding hydrogens is 376 g/mol. The maximum absolute atomic E-state index is 13.2. The minimum atomic E-state index is -3.65. The van der Waals surface area contributed by atoms with Gasteiger partial charge in [0.15, 0.2) is 0 Å². The molecule has 0 aromatic heterocycles. The zero-order valence-electron chi connectivity index (χ0n) is 16.0. The predicted octanol–water partition coefficient (Wildman–Crippen LogP) is 2.72. The molecule has 1 heterocycles. The van der Waals surface area contributed by atoms with Crippen LogP contribution in [-0.4, -0.2) is 38.3 Å². The molecule has 0 bridgehead atoms. The zero-order chi connectivity index (χ0) is 20.2. The summed E-state index contributed by atoms with van der Waals surface area (Å²) < 4.78 is 33.7. The average molecular weight is 403 g/mol. The van der Waals surface area contributed by atoms with Crippen LogP contribution >= 0.6 is 0 Å². The van der Waals surface area contributed by atoms with Crippen molar-refractivity contribution < 1.29 is 17.9 Å². The van der Waals surface area contributed by atoms with Gasteiger partial charge in [0, 0.05) is 24.9 Å². The maximum Gasteiger partial charge on any atom is 0.243 e. The van der Waals surface area contributed by atoms with E-state index in [1.807, 2.05) is 43.3 Å². The molecule has 3 rings (SSSR count). The van der Waals surface area contributed by atoms with E-state index in [0.29, 0.717) is 25.1 Å². The molecule has 0 spiro atoms. The Morgan fingerprint density at radius 3 is 2.61 bits per heavy atom. The Kier molecular flexibility index (Phi) is 6.05. The molecule has 1 aliphatic heterocycles. The van der Waals surface area contributed by atoms with Crippen molar-refractivity contribution in [2.75, 3.05) is 19.7 Å². The number of aryl methyl sites for hydroxylation is 1. The van der Waals surface area contributed by atoms with E-state index in [2.05, 4.69) is 0 Å². The Labute approximate surface area is 166 Å². The third-order valence-electron chi connectivity index (χ3n) is 5.09. The fraction of sp³-hybridized carbons (Fsp3) is 0.381. The number of carbonyl (C=O) groups is 1. The highest BCUT2D eigenvalue weighted by atomic mass is 32.2. The molecule has 28 heavy (non-hydrogen) atoms. The first kappa shape index (κ1) is 20.4. The molecule has 150 valence electrons. The fourth-order valence-corrected chi connectivity index (χ4v) is 5.43. The lowest BCUT2D eigenvalue weighted by Gasteiger charge is -2.41. The van der Waals surface area contributed by atoms with Gasteiger partial charge in [-0.25, -0.2) is 8.42 Å². The number of sulfonamides is 1. The van der Waals surface area contributed by atoms with E-state index < -0.39 is 21.3 Å². The summed E-state index contributed by atoms with van der Waals surface area (Å²) in [5.41, 5.74) is 5.74. The molecule has 2 aromatic rings. The number of hydrogen-bond donors (Lipinski definition) is 1. The Balaban J connectivity index is 1.84. The van der Waals surface area contributed by atoms with Gasteiger partial charge in [0.05, 0.1) is 11.5 Å². The predicted molar refractivity (Wildman–Crippen MR) is 107 cm³/mol. The maximum atomic E-state index is 13.2. The van der Waals surface area contributed by atoms with Crippen LogP contribution in [0.4, 0.5) is 0 Å². The van der Waals surface area contributed by atoms with Crippen LogP contribution in [0.15, 0.2) is 59.5 Å². The minimum Gasteiger partial charge on any atom is -0.493 e. The van der Waals surface area contributed by atoms with Crippen LogP contribution in [0.2, 0.25) is 0 Å². The molecule has 1 unspecified atom stereocenters. The first-order valence-corrected chi connectivity index (χ1v) is 10.8. The van der Waals surface area contributed by atoms with Crippen LogP contribution in [0, 0.1) is 12.3 Å². The number of benzene rings is 2. The Morgan fingerprint density at radius 2 is 1.93 bits per heavy atom. The van der Waals surface area contributed by atoms with E-state index >= 15 is 0 Å². The van der Waals surface area contributed by atoms with Gasteiger partial charge in [-0.1, -0.05) is 30.3 Å². The SMILES string of the molecule is Cc1cccc(S(=O)(=O)N2CCCC(COc3ccccc3)(CC(N)=O)C2)c1. The van der Waals surface area contributed by atoms with Crippen molar-refractivity contribution in [3.8, 4) is 5.75 Å². The first-order chi connectivity index (χ1) is 13.3. The summed E-state index contributed by atoms with van der Waals surface area (Å²) in [4.78, 5) is 12.0. The average Bonchev–Trinajstić information content (AvgIpc) is 2.67. The van der Waals surface area contributed by atoms with Crippen molar-refractivity contribution in [3.05, 3.63) is 60.2 Å². The van der Waals surface area contributed by atoms with Gasteiger partial charge in [-0.15, -0.1) is 0 Å². The summed E-state index contributed by atoms with van der Waals surface area (Å²) in [6.07, 6.45) is 1.42. The number of carbonyl (C=O) groups excluding carboxylic acids is 1. The van der Waals surface area contributed by atoms with Crippen LogP contribution in [0.3, 0.4) is 0 Å². The topological polar surface area (TPSA) is 89.7 Å². The molecule has 1 aliphatic rings.